The maximum atomic E-state index is 12.9. The predicted octanol–water partition coefficient (Wildman–Crippen LogP) is 2.81. The highest BCUT2D eigenvalue weighted by Crippen LogP contribution is 2.20. The maximum Gasteiger partial charge on any atom is 0.319 e. The van der Waals surface area contributed by atoms with Crippen molar-refractivity contribution in [3.63, 3.8) is 0 Å². The van der Waals surface area contributed by atoms with Crippen LogP contribution in [0.1, 0.15) is 42.9 Å². The summed E-state index contributed by atoms with van der Waals surface area (Å²) in [7, 11) is 1.52. The van der Waals surface area contributed by atoms with Gasteiger partial charge in [-0.3, -0.25) is 14.2 Å². The van der Waals surface area contributed by atoms with Gasteiger partial charge in [0.05, 0.1) is 19.0 Å². The van der Waals surface area contributed by atoms with Crippen LogP contribution >= 0.6 is 0 Å². The van der Waals surface area contributed by atoms with Crippen LogP contribution in [-0.4, -0.2) is 33.3 Å². The summed E-state index contributed by atoms with van der Waals surface area (Å²) in [4.78, 5) is 29.2. The summed E-state index contributed by atoms with van der Waals surface area (Å²) in [5, 5.41) is 2.76. The van der Waals surface area contributed by atoms with Crippen molar-refractivity contribution >= 4 is 11.8 Å². The minimum Gasteiger partial charge on any atom is -0.349 e. The molecule has 8 heteroatoms. The Morgan fingerprint density at radius 2 is 1.92 bits per heavy atom. The lowest BCUT2D eigenvalue weighted by molar-refractivity contribution is -0.131. The molecule has 1 aromatic carbocycles. The summed E-state index contributed by atoms with van der Waals surface area (Å²) in [6.45, 7) is 0.572. The molecule has 0 fully saturated rings. The Kier molecular flexibility index (Phi) is 6.43. The first-order valence-electron chi connectivity index (χ1n) is 8.15. The van der Waals surface area contributed by atoms with E-state index in [0.717, 1.165) is 15.7 Å². The highest BCUT2D eigenvalue weighted by molar-refractivity contribution is 5.79. The topological polar surface area (TPSA) is 67.2 Å². The summed E-state index contributed by atoms with van der Waals surface area (Å²) in [5.74, 6) is -0.435. The lowest BCUT2D eigenvalue weighted by Crippen LogP contribution is -2.34. The minimum atomic E-state index is -2.71. The van der Waals surface area contributed by atoms with Gasteiger partial charge in [-0.2, -0.15) is 8.78 Å². The molecule has 1 heterocycles. The number of carbonyl (C=O) groups excluding carboxylic acids is 2. The van der Waals surface area contributed by atoms with Crippen LogP contribution in [0, 0.1) is 6.92 Å². The molecule has 0 spiro atoms. The van der Waals surface area contributed by atoms with E-state index in [1.54, 1.807) is 0 Å². The number of aryl methyl sites for hydroxylation is 1. The molecule has 2 amide bonds. The van der Waals surface area contributed by atoms with Crippen molar-refractivity contribution in [2.45, 2.75) is 39.4 Å². The first kappa shape index (κ1) is 19.6. The van der Waals surface area contributed by atoms with Gasteiger partial charge in [-0.25, -0.2) is 4.98 Å². The molecule has 0 saturated carbocycles. The van der Waals surface area contributed by atoms with Crippen LogP contribution in [0.3, 0.4) is 0 Å². The molecule has 1 unspecified atom stereocenters. The third-order valence-electron chi connectivity index (χ3n) is 4.00. The second-order valence-electron chi connectivity index (χ2n) is 6.15. The van der Waals surface area contributed by atoms with Crippen LogP contribution in [-0.2, 0) is 16.1 Å². The van der Waals surface area contributed by atoms with E-state index in [9.17, 15) is 18.4 Å². The summed E-state index contributed by atoms with van der Waals surface area (Å²) >= 11 is 0. The summed E-state index contributed by atoms with van der Waals surface area (Å²) in [6.07, 6.45) is 2.46. The zero-order valence-corrected chi connectivity index (χ0v) is 14.9. The number of hydrogen-bond donors (Lipinski definition) is 1. The average molecular weight is 364 g/mol. The Morgan fingerprint density at radius 3 is 2.50 bits per heavy atom. The highest BCUT2D eigenvalue weighted by Gasteiger charge is 2.21. The van der Waals surface area contributed by atoms with Crippen LogP contribution in [0.2, 0.25) is 0 Å². The van der Waals surface area contributed by atoms with E-state index in [-0.39, 0.29) is 30.6 Å². The molecule has 2 rings (SSSR count). The van der Waals surface area contributed by atoms with Crippen molar-refractivity contribution in [3.8, 4) is 0 Å². The molecule has 26 heavy (non-hydrogen) atoms. The fourth-order valence-corrected chi connectivity index (χ4v) is 2.57. The smallest absolute Gasteiger partial charge is 0.319 e. The molecule has 2 aromatic rings. The third kappa shape index (κ3) is 5.11. The van der Waals surface area contributed by atoms with Gasteiger partial charge in [0, 0.05) is 26.4 Å². The Bertz CT molecular complexity index is 759. The quantitative estimate of drug-likeness (QED) is 0.822. The van der Waals surface area contributed by atoms with Crippen molar-refractivity contribution in [2.75, 3.05) is 7.05 Å². The van der Waals surface area contributed by atoms with Gasteiger partial charge in [-0.05, 0) is 12.5 Å². The SMILES string of the molecule is CC(=O)NC(CC(=O)N(C)Cc1nccn1C(F)F)c1ccc(C)cc1. The van der Waals surface area contributed by atoms with E-state index in [1.165, 1.54) is 31.3 Å². The van der Waals surface area contributed by atoms with Gasteiger partial charge in [0.1, 0.15) is 5.82 Å². The number of imidazole rings is 1. The molecule has 0 radical (unpaired) electrons. The largest absolute Gasteiger partial charge is 0.349 e. The second kappa shape index (κ2) is 8.55. The Labute approximate surface area is 150 Å². The summed E-state index contributed by atoms with van der Waals surface area (Å²) < 4.78 is 26.5. The van der Waals surface area contributed by atoms with Crippen molar-refractivity contribution in [1.82, 2.24) is 19.8 Å². The van der Waals surface area contributed by atoms with E-state index < -0.39 is 12.6 Å². The number of benzene rings is 1. The van der Waals surface area contributed by atoms with Gasteiger partial charge >= 0.3 is 6.55 Å². The minimum absolute atomic E-state index is 0.0223. The number of carbonyl (C=O) groups is 2. The van der Waals surface area contributed by atoms with Gasteiger partial charge in [-0.1, -0.05) is 29.8 Å². The third-order valence-corrected chi connectivity index (χ3v) is 4.00. The molecular formula is C18H22F2N4O2. The number of amides is 2. The zero-order chi connectivity index (χ0) is 19.3. The standard InChI is InChI=1S/C18H22F2N4O2/c1-12-4-6-14(7-5-12)15(22-13(2)25)10-17(26)23(3)11-16-21-8-9-24(16)18(19)20/h4-9,15,18H,10-11H2,1-3H3,(H,22,25). The van der Waals surface area contributed by atoms with Crippen molar-refractivity contribution in [3.05, 3.63) is 53.6 Å². The lowest BCUT2D eigenvalue weighted by atomic mass is 10.0. The average Bonchev–Trinajstić information content (AvgIpc) is 3.02. The zero-order valence-electron chi connectivity index (χ0n) is 14.9. The molecule has 0 aliphatic rings. The maximum absolute atomic E-state index is 12.9. The number of nitrogens with one attached hydrogen (secondary N) is 1. The van der Waals surface area contributed by atoms with E-state index in [2.05, 4.69) is 10.3 Å². The number of hydrogen-bond acceptors (Lipinski definition) is 3. The van der Waals surface area contributed by atoms with E-state index in [1.807, 2.05) is 31.2 Å². The van der Waals surface area contributed by atoms with Crippen molar-refractivity contribution in [2.24, 2.45) is 0 Å². The van der Waals surface area contributed by atoms with Crippen molar-refractivity contribution in [1.29, 1.82) is 0 Å². The number of alkyl halides is 2. The number of rotatable bonds is 7. The summed E-state index contributed by atoms with van der Waals surface area (Å²) in [5.41, 5.74) is 1.87. The molecule has 1 aromatic heterocycles. The molecule has 0 aliphatic carbocycles. The molecule has 0 aliphatic heterocycles. The highest BCUT2D eigenvalue weighted by atomic mass is 19.3. The van der Waals surface area contributed by atoms with E-state index in [4.69, 9.17) is 0 Å². The van der Waals surface area contributed by atoms with E-state index >= 15 is 0 Å². The number of halogens is 2. The van der Waals surface area contributed by atoms with Crippen LogP contribution < -0.4 is 5.32 Å². The first-order chi connectivity index (χ1) is 12.3. The van der Waals surface area contributed by atoms with Crippen LogP contribution in [0.25, 0.3) is 0 Å². The van der Waals surface area contributed by atoms with Gasteiger partial charge in [0.2, 0.25) is 11.8 Å². The Balaban J connectivity index is 2.09. The Hall–Kier alpha value is -2.77. The molecule has 1 N–H and O–H groups in total. The molecule has 0 bridgehead atoms. The molecule has 140 valence electrons. The second-order valence-corrected chi connectivity index (χ2v) is 6.15. The first-order valence-corrected chi connectivity index (χ1v) is 8.15. The lowest BCUT2D eigenvalue weighted by Gasteiger charge is -2.23. The van der Waals surface area contributed by atoms with Gasteiger partial charge in [0.15, 0.2) is 0 Å². The van der Waals surface area contributed by atoms with Crippen LogP contribution in [0.4, 0.5) is 8.78 Å². The number of nitrogens with zero attached hydrogens (tertiary/aromatic N) is 3. The van der Waals surface area contributed by atoms with Crippen LogP contribution in [0.15, 0.2) is 36.7 Å². The van der Waals surface area contributed by atoms with Gasteiger partial charge < -0.3 is 10.2 Å². The van der Waals surface area contributed by atoms with Crippen LogP contribution in [0.5, 0.6) is 0 Å². The molecular weight excluding hydrogens is 342 g/mol. The molecule has 0 saturated heterocycles. The summed E-state index contributed by atoms with van der Waals surface area (Å²) in [6, 6.07) is 7.02. The van der Waals surface area contributed by atoms with Gasteiger partial charge in [0.25, 0.3) is 0 Å². The number of aromatic nitrogens is 2. The molecule has 6 nitrogen and oxygen atoms in total. The predicted molar refractivity (Wildman–Crippen MR) is 92.3 cm³/mol. The Morgan fingerprint density at radius 1 is 1.27 bits per heavy atom. The fourth-order valence-electron chi connectivity index (χ4n) is 2.57. The monoisotopic (exact) mass is 364 g/mol. The fraction of sp³-hybridized carbons (Fsp3) is 0.389. The van der Waals surface area contributed by atoms with Gasteiger partial charge in [-0.15, -0.1) is 0 Å². The van der Waals surface area contributed by atoms with Crippen molar-refractivity contribution < 1.29 is 18.4 Å². The molecule has 1 atom stereocenters. The van der Waals surface area contributed by atoms with E-state index in [0.29, 0.717) is 0 Å². The normalized spacial score (nSPS) is 12.1.